The van der Waals surface area contributed by atoms with E-state index >= 15 is 0 Å². The van der Waals surface area contributed by atoms with Crippen molar-refractivity contribution in [1.29, 1.82) is 5.26 Å². The van der Waals surface area contributed by atoms with E-state index in [0.29, 0.717) is 55.1 Å². The lowest BCUT2D eigenvalue weighted by atomic mass is 10.0. The molecule has 3 aliphatic rings. The molecule has 1 amide bonds. The molecule has 3 aromatic rings. The van der Waals surface area contributed by atoms with Gasteiger partial charge in [0, 0.05) is 25.7 Å². The number of sulfone groups is 1. The first-order valence-corrected chi connectivity index (χ1v) is 13.2. The first-order valence-electron chi connectivity index (χ1n) is 11.7. The summed E-state index contributed by atoms with van der Waals surface area (Å²) in [5.74, 6) is 0.140. The van der Waals surface area contributed by atoms with Crippen LogP contribution in [0.2, 0.25) is 0 Å². The highest BCUT2D eigenvalue weighted by Gasteiger charge is 2.60. The molecule has 35 heavy (non-hydrogen) atoms. The maximum Gasteiger partial charge on any atom is 0.272 e. The molecule has 2 fully saturated rings. The van der Waals surface area contributed by atoms with E-state index in [9.17, 15) is 13.2 Å². The van der Waals surface area contributed by atoms with Gasteiger partial charge < -0.3 is 4.90 Å². The Morgan fingerprint density at radius 1 is 1.17 bits per heavy atom. The number of rotatable bonds is 7. The highest BCUT2D eigenvalue weighted by Crippen LogP contribution is 2.51. The fourth-order valence-electron chi connectivity index (χ4n) is 4.91. The van der Waals surface area contributed by atoms with Crippen molar-refractivity contribution in [2.45, 2.75) is 48.6 Å². The average molecular weight is 493 g/mol. The van der Waals surface area contributed by atoms with Gasteiger partial charge in [0.15, 0.2) is 9.84 Å². The number of fused-ring (bicyclic) bond motifs is 1. The molecule has 2 saturated carbocycles. The van der Waals surface area contributed by atoms with Crippen LogP contribution < -0.4 is 0 Å². The molecule has 11 nitrogen and oxygen atoms in total. The topological polar surface area (TPSA) is 140 Å². The van der Waals surface area contributed by atoms with Crippen LogP contribution in [0.15, 0.2) is 24.3 Å². The van der Waals surface area contributed by atoms with Crippen molar-refractivity contribution < 1.29 is 13.2 Å². The second-order valence-electron chi connectivity index (χ2n) is 9.66. The van der Waals surface area contributed by atoms with Gasteiger partial charge in [0.1, 0.15) is 11.4 Å². The number of nitriles is 1. The zero-order chi connectivity index (χ0) is 24.4. The van der Waals surface area contributed by atoms with Gasteiger partial charge in [-0.15, -0.1) is 10.2 Å². The molecular weight excluding hydrogens is 468 g/mol. The molecular formula is C23H24N8O3S. The van der Waals surface area contributed by atoms with Crippen LogP contribution in [0.1, 0.15) is 52.9 Å². The zero-order valence-corrected chi connectivity index (χ0v) is 20.1. The number of aromatic nitrogens is 6. The summed E-state index contributed by atoms with van der Waals surface area (Å²) >= 11 is 0. The van der Waals surface area contributed by atoms with Crippen molar-refractivity contribution in [2.24, 2.45) is 7.05 Å². The van der Waals surface area contributed by atoms with E-state index in [1.165, 1.54) is 9.48 Å². The van der Waals surface area contributed by atoms with E-state index in [1.54, 1.807) is 24.1 Å². The van der Waals surface area contributed by atoms with Crippen LogP contribution in [0, 0.1) is 11.3 Å². The van der Waals surface area contributed by atoms with Gasteiger partial charge in [0.05, 0.1) is 28.2 Å². The number of hydrogen-bond acceptors (Lipinski definition) is 8. The summed E-state index contributed by atoms with van der Waals surface area (Å²) in [4.78, 5) is 16.5. The summed E-state index contributed by atoms with van der Waals surface area (Å²) in [6.45, 7) is 1.08. The number of tetrazole rings is 1. The Balaban J connectivity index is 1.22. The molecule has 1 aliphatic heterocycles. The minimum Gasteiger partial charge on any atom is -0.335 e. The third-order valence-corrected chi connectivity index (χ3v) is 10.3. The van der Waals surface area contributed by atoms with Crippen LogP contribution in [-0.4, -0.2) is 72.3 Å². The van der Waals surface area contributed by atoms with E-state index < -0.39 is 14.6 Å². The first kappa shape index (κ1) is 21.9. The Labute approximate surface area is 202 Å². The van der Waals surface area contributed by atoms with Gasteiger partial charge in [-0.1, -0.05) is 12.1 Å². The van der Waals surface area contributed by atoms with E-state index in [-0.39, 0.29) is 17.7 Å². The smallest absolute Gasteiger partial charge is 0.272 e. The van der Waals surface area contributed by atoms with Gasteiger partial charge in [0.25, 0.3) is 5.91 Å². The second-order valence-corrected chi connectivity index (χ2v) is 12.3. The monoisotopic (exact) mass is 492 g/mol. The van der Waals surface area contributed by atoms with E-state index in [1.807, 2.05) is 12.1 Å². The number of benzene rings is 1. The first-order chi connectivity index (χ1) is 16.8. The predicted octanol–water partition coefficient (Wildman–Crippen LogP) is 1.10. The number of aryl methyl sites for hydroxylation is 1. The van der Waals surface area contributed by atoms with Crippen molar-refractivity contribution in [3.05, 3.63) is 46.6 Å². The molecule has 0 spiro atoms. The van der Waals surface area contributed by atoms with Crippen LogP contribution in [-0.2, 0) is 29.9 Å². The molecule has 12 heteroatoms. The number of carbonyl (C=O) groups is 1. The fourth-order valence-corrected chi connectivity index (χ4v) is 7.38. The van der Waals surface area contributed by atoms with E-state index in [4.69, 9.17) is 5.26 Å². The number of hydrogen-bond donors (Lipinski definition) is 0. The van der Waals surface area contributed by atoms with Gasteiger partial charge in [-0.3, -0.25) is 9.48 Å². The van der Waals surface area contributed by atoms with Gasteiger partial charge in [-0.05, 0) is 55.0 Å². The molecule has 0 bridgehead atoms. The Morgan fingerprint density at radius 3 is 2.57 bits per heavy atom. The highest BCUT2D eigenvalue weighted by atomic mass is 32.2. The molecule has 180 valence electrons. The third-order valence-electron chi connectivity index (χ3n) is 7.19. The predicted molar refractivity (Wildman–Crippen MR) is 124 cm³/mol. The van der Waals surface area contributed by atoms with E-state index in [2.05, 4.69) is 26.6 Å². The molecule has 0 unspecified atom stereocenters. The van der Waals surface area contributed by atoms with Crippen LogP contribution in [0.25, 0.3) is 11.5 Å². The molecule has 2 aromatic heterocycles. The molecule has 0 saturated heterocycles. The molecule has 3 heterocycles. The Kier molecular flexibility index (Phi) is 4.83. The largest absolute Gasteiger partial charge is 0.335 e. The van der Waals surface area contributed by atoms with Gasteiger partial charge in [-0.2, -0.15) is 15.2 Å². The lowest BCUT2D eigenvalue weighted by Crippen LogP contribution is -2.46. The summed E-state index contributed by atoms with van der Waals surface area (Å²) in [6, 6.07) is 9.25. The highest BCUT2D eigenvalue weighted by molar-refractivity contribution is 7.94. The summed E-state index contributed by atoms with van der Waals surface area (Å²) in [5, 5.41) is 26.0. The molecule has 0 atom stereocenters. The molecule has 6 rings (SSSR count). The quantitative estimate of drug-likeness (QED) is 0.478. The lowest BCUT2D eigenvalue weighted by molar-refractivity contribution is 0.0724. The number of amides is 1. The summed E-state index contributed by atoms with van der Waals surface area (Å²) in [6.07, 6.45) is 3.29. The standard InChI is InChI=1S/C23H24N8O3S/c1-29-20-18(8-11-30(22(20)32)14-23(9-10-23)35(33,34)17-6-7-17)19(26-29)21-25-28-31(27-21)13-16-4-2-15(12-24)3-5-16/h2-5,17H,6-11,13-14H2,1H3. The zero-order valence-electron chi connectivity index (χ0n) is 19.3. The normalized spacial score (nSPS) is 18.9. The maximum atomic E-state index is 13.4. The number of nitrogens with zero attached hydrogens (tertiary/aromatic N) is 8. The molecule has 1 aromatic carbocycles. The maximum absolute atomic E-state index is 13.4. The minimum absolute atomic E-state index is 0.199. The molecule has 0 radical (unpaired) electrons. The SMILES string of the molecule is Cn1nc(-c2nnn(Cc3ccc(C#N)cc3)n2)c2c1C(=O)N(CC1(S(=O)(=O)C3CC3)CC1)CC2. The summed E-state index contributed by atoms with van der Waals surface area (Å²) in [5.41, 5.74) is 3.25. The lowest BCUT2D eigenvalue weighted by Gasteiger charge is -2.31. The Hall–Kier alpha value is -3.59. The summed E-state index contributed by atoms with van der Waals surface area (Å²) in [7, 11) is -1.49. The minimum atomic E-state index is -3.19. The number of carbonyl (C=O) groups excluding carboxylic acids is 1. The van der Waals surface area contributed by atoms with Crippen molar-refractivity contribution in [3.63, 3.8) is 0 Å². The fraction of sp³-hybridized carbons (Fsp3) is 0.478. The summed E-state index contributed by atoms with van der Waals surface area (Å²) < 4.78 is 26.6. The van der Waals surface area contributed by atoms with Crippen LogP contribution in [0.3, 0.4) is 0 Å². The van der Waals surface area contributed by atoms with Gasteiger partial charge in [-0.25, -0.2) is 8.42 Å². The molecule has 0 N–H and O–H groups in total. The third kappa shape index (κ3) is 3.61. The van der Waals surface area contributed by atoms with Gasteiger partial charge in [0.2, 0.25) is 5.82 Å². The second kappa shape index (κ2) is 7.71. The Morgan fingerprint density at radius 2 is 1.91 bits per heavy atom. The van der Waals surface area contributed by atoms with Gasteiger partial charge >= 0.3 is 0 Å². The van der Waals surface area contributed by atoms with Crippen molar-refractivity contribution >= 4 is 15.7 Å². The molecule has 2 aliphatic carbocycles. The van der Waals surface area contributed by atoms with Crippen LogP contribution in [0.5, 0.6) is 0 Å². The van der Waals surface area contributed by atoms with Crippen LogP contribution >= 0.6 is 0 Å². The van der Waals surface area contributed by atoms with Crippen LogP contribution in [0.4, 0.5) is 0 Å². The van der Waals surface area contributed by atoms with Crippen molar-refractivity contribution in [2.75, 3.05) is 13.1 Å². The Bertz CT molecular complexity index is 1470. The van der Waals surface area contributed by atoms with Crippen molar-refractivity contribution in [1.82, 2.24) is 34.9 Å². The van der Waals surface area contributed by atoms with Crippen molar-refractivity contribution in [3.8, 4) is 17.6 Å². The van der Waals surface area contributed by atoms with E-state index in [0.717, 1.165) is 24.0 Å². The average Bonchev–Trinajstić information content (AvgIpc) is 3.77.